The van der Waals surface area contributed by atoms with Crippen molar-refractivity contribution >= 4 is 17.5 Å². The first-order chi connectivity index (χ1) is 9.96. The minimum atomic E-state index is -0.195. The maximum Gasteiger partial charge on any atom is 0.226 e. The van der Waals surface area contributed by atoms with Crippen LogP contribution < -0.4 is 4.74 Å². The van der Waals surface area contributed by atoms with Gasteiger partial charge in [0.1, 0.15) is 5.75 Å². The topological polar surface area (TPSA) is 49.8 Å². The average Bonchev–Trinajstić information content (AvgIpc) is 2.77. The molecule has 0 radical (unpaired) electrons. The van der Waals surface area contributed by atoms with Gasteiger partial charge in [-0.3, -0.25) is 4.79 Å². The van der Waals surface area contributed by atoms with E-state index in [9.17, 15) is 9.90 Å². The van der Waals surface area contributed by atoms with E-state index in [1.165, 1.54) is 0 Å². The molecule has 0 aliphatic carbocycles. The lowest BCUT2D eigenvalue weighted by Crippen LogP contribution is -2.33. The van der Waals surface area contributed by atoms with Gasteiger partial charge in [0.25, 0.3) is 0 Å². The van der Waals surface area contributed by atoms with E-state index in [0.29, 0.717) is 42.8 Å². The number of halogens is 1. The van der Waals surface area contributed by atoms with Crippen LogP contribution in [0.3, 0.4) is 0 Å². The molecular weight excluding hydrogens is 290 g/mol. The van der Waals surface area contributed by atoms with E-state index in [4.69, 9.17) is 16.3 Å². The van der Waals surface area contributed by atoms with Crippen LogP contribution in [0.4, 0.5) is 0 Å². The van der Waals surface area contributed by atoms with Crippen LogP contribution in [-0.2, 0) is 4.79 Å². The smallest absolute Gasteiger partial charge is 0.226 e. The zero-order chi connectivity index (χ0) is 15.5. The molecule has 4 nitrogen and oxygen atoms in total. The van der Waals surface area contributed by atoms with E-state index in [1.807, 2.05) is 24.0 Å². The Morgan fingerprint density at radius 1 is 1.52 bits per heavy atom. The van der Waals surface area contributed by atoms with Crippen molar-refractivity contribution in [2.45, 2.75) is 20.3 Å². The molecule has 5 heteroatoms. The Morgan fingerprint density at radius 3 is 2.86 bits per heavy atom. The summed E-state index contributed by atoms with van der Waals surface area (Å²) >= 11 is 5.99. The monoisotopic (exact) mass is 311 g/mol. The van der Waals surface area contributed by atoms with Crippen molar-refractivity contribution in [2.24, 2.45) is 11.3 Å². The van der Waals surface area contributed by atoms with Gasteiger partial charge in [0.2, 0.25) is 5.91 Å². The van der Waals surface area contributed by atoms with Crippen LogP contribution in [0.5, 0.6) is 5.75 Å². The van der Waals surface area contributed by atoms with E-state index in [0.717, 1.165) is 0 Å². The number of hydrogen-bond donors (Lipinski definition) is 1. The molecule has 0 saturated carbocycles. The molecule has 1 amide bonds. The number of nitrogens with zero attached hydrogens (tertiary/aromatic N) is 1. The van der Waals surface area contributed by atoms with Gasteiger partial charge in [-0.25, -0.2) is 0 Å². The molecule has 1 aromatic carbocycles. The van der Waals surface area contributed by atoms with Gasteiger partial charge in [0.15, 0.2) is 0 Å². The number of amides is 1. The molecule has 0 spiro atoms. The van der Waals surface area contributed by atoms with Crippen molar-refractivity contribution in [3.63, 3.8) is 0 Å². The lowest BCUT2D eigenvalue weighted by Gasteiger charge is -2.25. The van der Waals surface area contributed by atoms with Gasteiger partial charge in [-0.2, -0.15) is 0 Å². The van der Waals surface area contributed by atoms with Crippen LogP contribution in [0, 0.1) is 11.3 Å². The minimum absolute atomic E-state index is 0.0612. The molecule has 1 heterocycles. The molecule has 0 bridgehead atoms. The van der Waals surface area contributed by atoms with Crippen LogP contribution in [-0.4, -0.2) is 42.2 Å². The number of hydrogen-bond acceptors (Lipinski definition) is 3. The second-order valence-corrected chi connectivity index (χ2v) is 6.42. The zero-order valence-corrected chi connectivity index (χ0v) is 13.3. The largest absolute Gasteiger partial charge is 0.491 e. The summed E-state index contributed by atoms with van der Waals surface area (Å²) in [5.41, 5.74) is -0.195. The molecule has 1 saturated heterocycles. The fourth-order valence-corrected chi connectivity index (χ4v) is 2.76. The third kappa shape index (κ3) is 3.69. The molecule has 2 unspecified atom stereocenters. The number of ether oxygens (including phenoxy) is 1. The molecule has 1 N–H and O–H groups in total. The number of aliphatic hydroxyl groups is 1. The number of para-hydroxylation sites is 1. The molecule has 1 fully saturated rings. The third-order valence-electron chi connectivity index (χ3n) is 4.36. The van der Waals surface area contributed by atoms with Gasteiger partial charge < -0.3 is 14.7 Å². The van der Waals surface area contributed by atoms with E-state index < -0.39 is 0 Å². The number of rotatable bonds is 5. The highest BCUT2D eigenvalue weighted by Crippen LogP contribution is 2.35. The standard InChI is InChI=1S/C16H22ClNO3/c1-12-9-18(10-16(12,2)11-19)15(20)7-8-21-14-6-4-3-5-13(14)17/h3-6,12,19H,7-11H2,1-2H3. The Morgan fingerprint density at radius 2 is 2.24 bits per heavy atom. The van der Waals surface area contributed by atoms with Crippen molar-refractivity contribution in [1.82, 2.24) is 4.90 Å². The highest BCUT2D eigenvalue weighted by Gasteiger charge is 2.41. The number of carbonyl (C=O) groups is 1. The maximum atomic E-state index is 12.2. The normalized spacial score (nSPS) is 25.1. The van der Waals surface area contributed by atoms with E-state index in [1.54, 1.807) is 12.1 Å². The minimum Gasteiger partial charge on any atom is -0.491 e. The highest BCUT2D eigenvalue weighted by molar-refractivity contribution is 6.32. The highest BCUT2D eigenvalue weighted by atomic mass is 35.5. The number of likely N-dealkylation sites (tertiary alicyclic amines) is 1. The lowest BCUT2D eigenvalue weighted by molar-refractivity contribution is -0.131. The van der Waals surface area contributed by atoms with Crippen LogP contribution in [0.1, 0.15) is 20.3 Å². The molecule has 0 aromatic heterocycles. The summed E-state index contributed by atoms with van der Waals surface area (Å²) in [5.74, 6) is 0.962. The Balaban J connectivity index is 1.82. The van der Waals surface area contributed by atoms with Gasteiger partial charge >= 0.3 is 0 Å². The number of carbonyl (C=O) groups excluding carboxylic acids is 1. The predicted molar refractivity (Wildman–Crippen MR) is 82.5 cm³/mol. The van der Waals surface area contributed by atoms with Gasteiger partial charge in [0, 0.05) is 18.5 Å². The molecule has 1 aliphatic heterocycles. The summed E-state index contributed by atoms with van der Waals surface area (Å²) in [6.07, 6.45) is 0.319. The second kappa shape index (κ2) is 6.67. The van der Waals surface area contributed by atoms with E-state index in [-0.39, 0.29) is 17.9 Å². The molecule has 21 heavy (non-hydrogen) atoms. The van der Waals surface area contributed by atoms with Crippen LogP contribution in [0.15, 0.2) is 24.3 Å². The van der Waals surface area contributed by atoms with Gasteiger partial charge in [-0.1, -0.05) is 37.6 Å². The number of benzene rings is 1. The Bertz CT molecular complexity index is 508. The Kier molecular flexibility index (Phi) is 5.12. The molecular formula is C16H22ClNO3. The fraction of sp³-hybridized carbons (Fsp3) is 0.562. The quantitative estimate of drug-likeness (QED) is 0.909. The first kappa shape index (κ1) is 16.1. The summed E-state index contributed by atoms with van der Waals surface area (Å²) in [4.78, 5) is 14.0. The second-order valence-electron chi connectivity index (χ2n) is 6.02. The van der Waals surface area contributed by atoms with Crippen LogP contribution in [0.2, 0.25) is 5.02 Å². The van der Waals surface area contributed by atoms with Gasteiger partial charge in [-0.15, -0.1) is 0 Å². The summed E-state index contributed by atoms with van der Waals surface area (Å²) in [7, 11) is 0. The summed E-state index contributed by atoms with van der Waals surface area (Å²) in [6, 6.07) is 7.22. The first-order valence-electron chi connectivity index (χ1n) is 7.22. The van der Waals surface area contributed by atoms with Crippen LogP contribution >= 0.6 is 11.6 Å². The molecule has 2 atom stereocenters. The van der Waals surface area contributed by atoms with Crippen molar-refractivity contribution in [1.29, 1.82) is 0 Å². The lowest BCUT2D eigenvalue weighted by atomic mass is 9.82. The summed E-state index contributed by atoms with van der Waals surface area (Å²) in [5, 5.41) is 10.0. The SMILES string of the molecule is CC1CN(C(=O)CCOc2ccccc2Cl)CC1(C)CO. The molecule has 2 rings (SSSR count). The first-order valence-corrected chi connectivity index (χ1v) is 7.60. The molecule has 1 aromatic rings. The summed E-state index contributed by atoms with van der Waals surface area (Å²) < 4.78 is 5.54. The fourth-order valence-electron chi connectivity index (χ4n) is 2.57. The van der Waals surface area contributed by atoms with Crippen molar-refractivity contribution in [3.8, 4) is 5.75 Å². The van der Waals surface area contributed by atoms with Crippen LogP contribution in [0.25, 0.3) is 0 Å². The average molecular weight is 312 g/mol. The van der Waals surface area contributed by atoms with Gasteiger partial charge in [-0.05, 0) is 18.1 Å². The Labute approximate surface area is 130 Å². The van der Waals surface area contributed by atoms with Crippen molar-refractivity contribution in [2.75, 3.05) is 26.3 Å². The maximum absolute atomic E-state index is 12.2. The molecule has 1 aliphatic rings. The summed E-state index contributed by atoms with van der Waals surface area (Å²) in [6.45, 7) is 5.81. The van der Waals surface area contributed by atoms with Crippen molar-refractivity contribution < 1.29 is 14.6 Å². The molecule has 116 valence electrons. The number of aliphatic hydroxyl groups excluding tert-OH is 1. The Hall–Kier alpha value is -1.26. The zero-order valence-electron chi connectivity index (χ0n) is 12.5. The van der Waals surface area contributed by atoms with E-state index >= 15 is 0 Å². The van der Waals surface area contributed by atoms with Gasteiger partial charge in [0.05, 0.1) is 24.7 Å². The van der Waals surface area contributed by atoms with E-state index in [2.05, 4.69) is 6.92 Å². The van der Waals surface area contributed by atoms with Crippen molar-refractivity contribution in [3.05, 3.63) is 29.3 Å². The third-order valence-corrected chi connectivity index (χ3v) is 4.67. The predicted octanol–water partition coefficient (Wildman–Crippen LogP) is 2.59.